The van der Waals surface area contributed by atoms with Gasteiger partial charge in [-0.15, -0.1) is 23.1 Å². The molecule has 1 aromatic carbocycles. The number of aromatic nitrogens is 4. The number of fused-ring (bicyclic) bond motifs is 1. The van der Waals surface area contributed by atoms with Gasteiger partial charge in [0.2, 0.25) is 5.95 Å². The van der Waals surface area contributed by atoms with E-state index in [4.69, 9.17) is 5.73 Å². The summed E-state index contributed by atoms with van der Waals surface area (Å²) in [7, 11) is 0. The van der Waals surface area contributed by atoms with Crippen molar-refractivity contribution in [3.8, 4) is 11.1 Å². The fourth-order valence-electron chi connectivity index (χ4n) is 5.87. The maximum absolute atomic E-state index is 14.9. The van der Waals surface area contributed by atoms with Crippen LogP contribution in [0.15, 0.2) is 40.0 Å². The van der Waals surface area contributed by atoms with Crippen LogP contribution in [0.25, 0.3) is 32.2 Å². The largest absolute Gasteiger partial charge is 0.417 e. The predicted octanol–water partition coefficient (Wildman–Crippen LogP) is 4.74. The minimum atomic E-state index is -4.71. The van der Waals surface area contributed by atoms with Crippen molar-refractivity contribution in [2.24, 2.45) is 0 Å². The van der Waals surface area contributed by atoms with Gasteiger partial charge >= 0.3 is 11.9 Å². The zero-order chi connectivity index (χ0) is 29.4. The number of piperazine rings is 1. The molecular weight excluding hydrogens is 575 g/mol. The highest BCUT2D eigenvalue weighted by atomic mass is 32.2. The summed E-state index contributed by atoms with van der Waals surface area (Å²) in [5, 5.41) is 12.3. The van der Waals surface area contributed by atoms with E-state index in [9.17, 15) is 23.1 Å². The minimum absolute atomic E-state index is 0.0168. The van der Waals surface area contributed by atoms with Crippen LogP contribution in [0.4, 0.5) is 24.9 Å². The number of hydrogen-bond acceptors (Lipinski definition) is 10. The Labute approximate surface area is 241 Å². The topological polar surface area (TPSA) is 113 Å². The van der Waals surface area contributed by atoms with Gasteiger partial charge < -0.3 is 15.7 Å². The number of benzene rings is 1. The van der Waals surface area contributed by atoms with Gasteiger partial charge in [-0.3, -0.25) is 9.47 Å². The molecule has 4 aromatic rings. The molecule has 41 heavy (non-hydrogen) atoms. The van der Waals surface area contributed by atoms with Gasteiger partial charge in [-0.25, -0.2) is 14.8 Å². The molecule has 9 nitrogen and oxygen atoms in total. The number of aliphatic hydroxyl groups is 1. The first kappa shape index (κ1) is 27.9. The lowest BCUT2D eigenvalue weighted by Crippen LogP contribution is -2.59. The molecule has 0 radical (unpaired) electrons. The van der Waals surface area contributed by atoms with Crippen molar-refractivity contribution >= 4 is 56.0 Å². The molecule has 2 unspecified atom stereocenters. The second-order valence-corrected chi connectivity index (χ2v) is 12.5. The van der Waals surface area contributed by atoms with Crippen molar-refractivity contribution < 1.29 is 18.3 Å². The van der Waals surface area contributed by atoms with Gasteiger partial charge in [-0.05, 0) is 32.9 Å². The normalized spacial score (nSPS) is 22.4. The molecule has 3 N–H and O–H groups in total. The van der Waals surface area contributed by atoms with E-state index in [1.807, 2.05) is 30.6 Å². The van der Waals surface area contributed by atoms with E-state index in [-0.39, 0.29) is 40.8 Å². The third-order valence-electron chi connectivity index (χ3n) is 7.82. The molecule has 0 amide bonds. The number of rotatable bonds is 4. The number of hydrogen-bond donors (Lipinski definition) is 2. The number of anilines is 2. The highest BCUT2D eigenvalue weighted by molar-refractivity contribution is 7.99. The Hall–Kier alpha value is -3.20. The second-order valence-electron chi connectivity index (χ2n) is 10.6. The third-order valence-corrected chi connectivity index (χ3v) is 10.1. The standard InChI is InChI=1S/C27H28F3N7O2S2/c1-5-19(38)35-8-13(3)36(9-12(35)2)24-15-6-17(27(28,29)30)20(16-11-40-18-7-32-25(31)33-21(16)18)23-22(15)37(26(39)34-24)14(4)10-41-23/h5-7,11-14,19,38H,1,8-10H2,2-4H3,(H2,31,32,33)/t12-,13+,14?,19?/m1/s1. The molecule has 1 saturated heterocycles. The smallest absolute Gasteiger partial charge is 0.375 e. The molecule has 4 atom stereocenters. The minimum Gasteiger partial charge on any atom is -0.375 e. The summed E-state index contributed by atoms with van der Waals surface area (Å²) in [6.45, 7) is 10.1. The average Bonchev–Trinajstić information content (AvgIpc) is 3.33. The van der Waals surface area contributed by atoms with Crippen LogP contribution in [0.2, 0.25) is 0 Å². The number of nitrogens with zero attached hydrogens (tertiary/aromatic N) is 6. The number of aliphatic hydroxyl groups excluding tert-OH is 1. The third kappa shape index (κ3) is 4.47. The van der Waals surface area contributed by atoms with Crippen molar-refractivity contribution in [2.75, 3.05) is 29.5 Å². The lowest BCUT2D eigenvalue weighted by molar-refractivity contribution is -0.137. The highest BCUT2D eigenvalue weighted by Crippen LogP contribution is 2.51. The number of nitrogen functional groups attached to an aromatic ring is 1. The number of alkyl halides is 3. The SMILES string of the molecule is C=CC(O)N1C[C@H](C)N(c2nc(=O)n3c4c(c(-c5csc6cnc(N)nc56)c(C(F)(F)F)cc24)SCC3C)C[C@H]1C. The van der Waals surface area contributed by atoms with Crippen LogP contribution in [-0.2, 0) is 6.18 Å². The summed E-state index contributed by atoms with van der Waals surface area (Å²) >= 11 is 2.54. The van der Waals surface area contributed by atoms with Gasteiger partial charge in [0.25, 0.3) is 0 Å². The fraction of sp³-hybridized carbons (Fsp3) is 0.407. The Morgan fingerprint density at radius 3 is 2.66 bits per heavy atom. The highest BCUT2D eigenvalue weighted by Gasteiger charge is 2.41. The second kappa shape index (κ2) is 9.96. The van der Waals surface area contributed by atoms with E-state index in [2.05, 4.69) is 21.5 Å². The summed E-state index contributed by atoms with van der Waals surface area (Å²) in [5.41, 5.74) is 5.54. The van der Waals surface area contributed by atoms with Crippen LogP contribution in [-0.4, -0.2) is 66.7 Å². The fourth-order valence-corrected chi connectivity index (χ4v) is 7.99. The van der Waals surface area contributed by atoms with Crippen molar-refractivity contribution in [3.63, 3.8) is 0 Å². The van der Waals surface area contributed by atoms with Gasteiger partial charge in [0.1, 0.15) is 12.0 Å². The summed E-state index contributed by atoms with van der Waals surface area (Å²) in [6, 6.07) is 0.420. The van der Waals surface area contributed by atoms with Crippen LogP contribution in [0, 0.1) is 0 Å². The number of halogens is 3. The molecule has 0 saturated carbocycles. The van der Waals surface area contributed by atoms with Crippen LogP contribution in [0.1, 0.15) is 32.4 Å². The van der Waals surface area contributed by atoms with Gasteiger partial charge in [0.15, 0.2) is 0 Å². The Kier molecular flexibility index (Phi) is 6.79. The van der Waals surface area contributed by atoms with Gasteiger partial charge in [-0.2, -0.15) is 18.2 Å². The first-order valence-corrected chi connectivity index (χ1v) is 14.9. The van der Waals surface area contributed by atoms with Crippen molar-refractivity contribution in [1.29, 1.82) is 0 Å². The molecule has 14 heteroatoms. The first-order valence-electron chi connectivity index (χ1n) is 13.1. The van der Waals surface area contributed by atoms with E-state index in [1.54, 1.807) is 5.38 Å². The molecule has 2 aliphatic heterocycles. The molecule has 0 aliphatic carbocycles. The molecule has 5 heterocycles. The molecule has 0 bridgehead atoms. The predicted molar refractivity (Wildman–Crippen MR) is 156 cm³/mol. The van der Waals surface area contributed by atoms with Gasteiger partial charge in [0.05, 0.1) is 27.5 Å². The molecule has 6 rings (SSSR count). The van der Waals surface area contributed by atoms with E-state index in [0.717, 1.165) is 6.07 Å². The zero-order valence-corrected chi connectivity index (χ0v) is 24.1. The van der Waals surface area contributed by atoms with Crippen LogP contribution < -0.4 is 16.3 Å². The zero-order valence-electron chi connectivity index (χ0n) is 22.5. The Morgan fingerprint density at radius 2 is 1.95 bits per heavy atom. The van der Waals surface area contributed by atoms with E-state index >= 15 is 0 Å². The summed E-state index contributed by atoms with van der Waals surface area (Å²) < 4.78 is 46.9. The van der Waals surface area contributed by atoms with E-state index < -0.39 is 23.7 Å². The lowest BCUT2D eigenvalue weighted by atomic mass is 9.96. The molecule has 216 valence electrons. The molecule has 0 spiro atoms. The summed E-state index contributed by atoms with van der Waals surface area (Å²) in [4.78, 5) is 30.3. The molecular formula is C27H28F3N7O2S2. The number of thioether (sulfide) groups is 1. The molecule has 1 fully saturated rings. The van der Waals surface area contributed by atoms with Gasteiger partial charge in [0, 0.05) is 63.8 Å². The molecule has 3 aromatic heterocycles. The van der Waals surface area contributed by atoms with Gasteiger partial charge in [-0.1, -0.05) is 6.58 Å². The average molecular weight is 604 g/mol. The number of nitrogens with two attached hydrogens (primary N) is 1. The van der Waals surface area contributed by atoms with Crippen molar-refractivity contribution in [1.82, 2.24) is 24.4 Å². The van der Waals surface area contributed by atoms with Crippen molar-refractivity contribution in [2.45, 2.75) is 56.2 Å². The Bertz CT molecular complexity index is 1760. The summed E-state index contributed by atoms with van der Waals surface area (Å²) in [5.74, 6) is 0.582. The van der Waals surface area contributed by atoms with Crippen LogP contribution in [0.3, 0.4) is 0 Å². The Morgan fingerprint density at radius 1 is 1.20 bits per heavy atom. The van der Waals surface area contributed by atoms with Crippen LogP contribution in [0.5, 0.6) is 0 Å². The monoisotopic (exact) mass is 603 g/mol. The van der Waals surface area contributed by atoms with E-state index in [0.29, 0.717) is 45.0 Å². The quantitative estimate of drug-likeness (QED) is 0.320. The van der Waals surface area contributed by atoms with E-state index in [1.165, 1.54) is 39.9 Å². The maximum Gasteiger partial charge on any atom is 0.417 e. The van der Waals surface area contributed by atoms with Crippen molar-refractivity contribution in [3.05, 3.63) is 46.3 Å². The van der Waals surface area contributed by atoms with Crippen LogP contribution >= 0.6 is 23.1 Å². The summed E-state index contributed by atoms with van der Waals surface area (Å²) in [6.07, 6.45) is -2.63. The molecule has 2 aliphatic rings. The Balaban J connectivity index is 1.66. The lowest BCUT2D eigenvalue weighted by Gasteiger charge is -2.46. The first-order chi connectivity index (χ1) is 19.4. The number of thiophene rings is 1. The maximum atomic E-state index is 14.9.